The van der Waals surface area contributed by atoms with E-state index < -0.39 is 0 Å². The summed E-state index contributed by atoms with van der Waals surface area (Å²) >= 11 is 0. The van der Waals surface area contributed by atoms with Crippen molar-refractivity contribution in [1.82, 2.24) is 0 Å². The van der Waals surface area contributed by atoms with E-state index in [9.17, 15) is 4.79 Å². The fourth-order valence-corrected chi connectivity index (χ4v) is 6.81. The van der Waals surface area contributed by atoms with Gasteiger partial charge in [0.05, 0.1) is 0 Å². The maximum Gasteiger partial charge on any atom is 0.156 e. The van der Waals surface area contributed by atoms with E-state index in [-0.39, 0.29) is 5.41 Å². The quantitative estimate of drug-likeness (QED) is 0.586. The van der Waals surface area contributed by atoms with Crippen molar-refractivity contribution in [3.63, 3.8) is 0 Å². The van der Waals surface area contributed by atoms with Crippen LogP contribution in [0.1, 0.15) is 59.3 Å². The average molecular weight is 310 g/mol. The van der Waals surface area contributed by atoms with Gasteiger partial charge in [0.2, 0.25) is 0 Å². The summed E-state index contributed by atoms with van der Waals surface area (Å²) in [6.07, 6.45) is 13.8. The average Bonchev–Trinajstić information content (AvgIpc) is 2.85. The molecule has 1 heteroatoms. The number of fused-ring (bicyclic) bond motifs is 5. The number of ketones is 1. The molecule has 4 aliphatic carbocycles. The molecule has 0 aliphatic heterocycles. The summed E-state index contributed by atoms with van der Waals surface area (Å²) in [5, 5.41) is 0. The molecular weight excluding hydrogens is 280 g/mol. The molecule has 1 nitrogen and oxygen atoms in total. The van der Waals surface area contributed by atoms with Gasteiger partial charge in [-0.1, -0.05) is 38.2 Å². The molecule has 3 unspecified atom stereocenters. The summed E-state index contributed by atoms with van der Waals surface area (Å²) in [4.78, 5) is 11.9. The van der Waals surface area contributed by atoms with E-state index in [1.807, 2.05) is 6.08 Å². The van der Waals surface area contributed by atoms with Crippen molar-refractivity contribution in [2.75, 3.05) is 0 Å². The van der Waals surface area contributed by atoms with Crippen LogP contribution in [0, 0.1) is 34.5 Å². The predicted molar refractivity (Wildman–Crippen MR) is 94.9 cm³/mol. The molecule has 2 fully saturated rings. The summed E-state index contributed by atoms with van der Waals surface area (Å²) in [6.45, 7) is 11.5. The highest BCUT2D eigenvalue weighted by atomic mass is 16.1. The molecular formula is C22H30O. The molecule has 124 valence electrons. The first-order valence-electron chi connectivity index (χ1n) is 9.45. The Kier molecular flexibility index (Phi) is 3.31. The summed E-state index contributed by atoms with van der Waals surface area (Å²) in [5.41, 5.74) is 3.38. The van der Waals surface area contributed by atoms with Gasteiger partial charge in [0.1, 0.15) is 0 Å². The van der Waals surface area contributed by atoms with Gasteiger partial charge in [0.15, 0.2) is 5.78 Å². The van der Waals surface area contributed by atoms with Crippen LogP contribution in [0.2, 0.25) is 0 Å². The predicted octanol–water partition coefficient (Wildman–Crippen LogP) is 5.49. The first-order valence-corrected chi connectivity index (χ1v) is 9.45. The molecule has 0 heterocycles. The Morgan fingerprint density at radius 1 is 1.17 bits per heavy atom. The zero-order valence-electron chi connectivity index (χ0n) is 14.9. The third kappa shape index (κ3) is 2.01. The fourth-order valence-electron chi connectivity index (χ4n) is 6.81. The number of carbonyl (C=O) groups is 1. The highest BCUT2D eigenvalue weighted by Crippen LogP contribution is 2.65. The number of hydrogen-bond donors (Lipinski definition) is 0. The summed E-state index contributed by atoms with van der Waals surface area (Å²) < 4.78 is 0. The number of rotatable bonds is 1. The molecule has 0 amide bonds. The number of allylic oxidation sites excluding steroid dienone is 5. The first-order chi connectivity index (χ1) is 10.9. The van der Waals surface area contributed by atoms with Crippen molar-refractivity contribution in [2.24, 2.45) is 34.5 Å². The fraction of sp³-hybridized carbons (Fsp3) is 0.682. The molecule has 4 aliphatic rings. The van der Waals surface area contributed by atoms with Gasteiger partial charge in [-0.05, 0) is 85.2 Å². The van der Waals surface area contributed by atoms with Crippen molar-refractivity contribution >= 4 is 5.78 Å². The smallest absolute Gasteiger partial charge is 0.156 e. The molecule has 0 bridgehead atoms. The maximum absolute atomic E-state index is 11.9. The standard InChI is InChI=1S/C22H30O/c1-14(2)18-7-8-19-17-6-5-15-13-16(23)9-11-21(15,3)20(17)10-12-22(18,19)4/h5-6,13,17-20H,1,7-12H2,2-4H3/t17?,18-,19?,20?,21+,22-/m1/s1. The maximum atomic E-state index is 11.9. The van der Waals surface area contributed by atoms with E-state index in [2.05, 4.69) is 39.5 Å². The highest BCUT2D eigenvalue weighted by molar-refractivity contribution is 5.92. The van der Waals surface area contributed by atoms with Crippen LogP contribution in [0.3, 0.4) is 0 Å². The van der Waals surface area contributed by atoms with E-state index in [1.54, 1.807) is 0 Å². The highest BCUT2D eigenvalue weighted by Gasteiger charge is 2.57. The Labute approximate surface area is 140 Å². The van der Waals surface area contributed by atoms with Crippen molar-refractivity contribution in [2.45, 2.75) is 59.3 Å². The van der Waals surface area contributed by atoms with Crippen molar-refractivity contribution in [3.8, 4) is 0 Å². The molecule has 0 spiro atoms. The normalized spacial score (nSPS) is 48.3. The first kappa shape index (κ1) is 15.4. The van der Waals surface area contributed by atoms with Gasteiger partial charge >= 0.3 is 0 Å². The van der Waals surface area contributed by atoms with E-state index in [0.717, 1.165) is 24.7 Å². The lowest BCUT2D eigenvalue weighted by molar-refractivity contribution is -0.116. The van der Waals surface area contributed by atoms with Gasteiger partial charge in [0, 0.05) is 6.42 Å². The van der Waals surface area contributed by atoms with Gasteiger partial charge in [-0.3, -0.25) is 4.79 Å². The summed E-state index contributed by atoms with van der Waals surface area (Å²) in [6, 6.07) is 0. The molecule has 6 atom stereocenters. The van der Waals surface area contributed by atoms with Crippen LogP contribution < -0.4 is 0 Å². The SMILES string of the molecule is C=C(C)[C@H]1CCC2C3C=CC4=CC(=O)CC[C@]4(C)C3CC[C@@]21C. The van der Waals surface area contributed by atoms with Gasteiger partial charge in [-0.25, -0.2) is 0 Å². The second-order valence-electron chi connectivity index (χ2n) is 9.15. The van der Waals surface area contributed by atoms with Crippen molar-refractivity contribution in [1.29, 1.82) is 0 Å². The molecule has 0 aromatic rings. The van der Waals surface area contributed by atoms with Crippen molar-refractivity contribution < 1.29 is 4.79 Å². The Morgan fingerprint density at radius 2 is 1.96 bits per heavy atom. The van der Waals surface area contributed by atoms with E-state index >= 15 is 0 Å². The van der Waals surface area contributed by atoms with Crippen LogP contribution in [0.5, 0.6) is 0 Å². The molecule has 0 saturated heterocycles. The molecule has 0 aromatic heterocycles. The molecule has 23 heavy (non-hydrogen) atoms. The van der Waals surface area contributed by atoms with Gasteiger partial charge in [0.25, 0.3) is 0 Å². The van der Waals surface area contributed by atoms with Gasteiger partial charge < -0.3 is 0 Å². The van der Waals surface area contributed by atoms with Crippen LogP contribution in [-0.2, 0) is 4.79 Å². The van der Waals surface area contributed by atoms with E-state index in [4.69, 9.17) is 0 Å². The minimum Gasteiger partial charge on any atom is -0.295 e. The van der Waals surface area contributed by atoms with Crippen LogP contribution in [0.4, 0.5) is 0 Å². The second kappa shape index (κ2) is 4.94. The van der Waals surface area contributed by atoms with Gasteiger partial charge in [-0.15, -0.1) is 0 Å². The second-order valence-corrected chi connectivity index (χ2v) is 9.15. The number of hydrogen-bond acceptors (Lipinski definition) is 1. The van der Waals surface area contributed by atoms with Crippen molar-refractivity contribution in [3.05, 3.63) is 36.0 Å². The van der Waals surface area contributed by atoms with Crippen LogP contribution in [-0.4, -0.2) is 5.78 Å². The van der Waals surface area contributed by atoms with Crippen LogP contribution in [0.15, 0.2) is 36.0 Å². The monoisotopic (exact) mass is 310 g/mol. The third-order valence-electron chi connectivity index (χ3n) is 8.11. The van der Waals surface area contributed by atoms with Crippen LogP contribution >= 0.6 is 0 Å². The Balaban J connectivity index is 1.72. The molecule has 0 radical (unpaired) electrons. The largest absolute Gasteiger partial charge is 0.295 e. The molecule has 0 N–H and O–H groups in total. The Hall–Kier alpha value is -1.11. The topological polar surface area (TPSA) is 17.1 Å². The summed E-state index contributed by atoms with van der Waals surface area (Å²) in [7, 11) is 0. The minimum absolute atomic E-state index is 0.232. The third-order valence-corrected chi connectivity index (χ3v) is 8.11. The van der Waals surface area contributed by atoms with Gasteiger partial charge in [-0.2, -0.15) is 0 Å². The Morgan fingerprint density at radius 3 is 2.70 bits per heavy atom. The molecule has 4 rings (SSSR count). The lowest BCUT2D eigenvalue weighted by atomic mass is 9.48. The van der Waals surface area contributed by atoms with E-state index in [1.165, 1.54) is 36.8 Å². The van der Waals surface area contributed by atoms with Crippen LogP contribution in [0.25, 0.3) is 0 Å². The Bertz CT molecular complexity index is 624. The van der Waals surface area contributed by atoms with E-state index in [0.29, 0.717) is 23.0 Å². The minimum atomic E-state index is 0.232. The number of carbonyl (C=O) groups excluding carboxylic acids is 1. The lowest BCUT2D eigenvalue weighted by Crippen LogP contribution is -2.48. The zero-order chi connectivity index (χ0) is 16.4. The molecule has 2 saturated carbocycles. The molecule has 0 aromatic carbocycles. The lowest BCUT2D eigenvalue weighted by Gasteiger charge is -2.56. The zero-order valence-corrected chi connectivity index (χ0v) is 14.9. The summed E-state index contributed by atoms with van der Waals surface area (Å²) in [5.74, 6) is 3.27.